The maximum Gasteiger partial charge on any atom is 0.107 e. The third-order valence-electron chi connectivity index (χ3n) is 3.12. The van der Waals surface area contributed by atoms with Crippen molar-refractivity contribution in [1.29, 1.82) is 0 Å². The zero-order chi connectivity index (χ0) is 13.0. The van der Waals surface area contributed by atoms with E-state index in [0.717, 1.165) is 22.9 Å². The maximum absolute atomic E-state index is 10.4. The minimum Gasteiger partial charge on any atom is -0.386 e. The smallest absolute Gasteiger partial charge is 0.107 e. The number of benzene rings is 1. The lowest BCUT2D eigenvalue weighted by Crippen LogP contribution is -2.21. The van der Waals surface area contributed by atoms with E-state index in [0.29, 0.717) is 6.61 Å². The van der Waals surface area contributed by atoms with Crippen LogP contribution in [-0.4, -0.2) is 22.8 Å². The number of aromatic nitrogens is 1. The van der Waals surface area contributed by atoms with Crippen LogP contribution in [0.4, 0.5) is 0 Å². The molecule has 2 aromatic rings. The van der Waals surface area contributed by atoms with Crippen molar-refractivity contribution in [3.05, 3.63) is 42.1 Å². The summed E-state index contributed by atoms with van der Waals surface area (Å²) >= 11 is 0. The van der Waals surface area contributed by atoms with Crippen molar-refractivity contribution in [2.24, 2.45) is 0 Å². The Morgan fingerprint density at radius 3 is 2.72 bits per heavy atom. The summed E-state index contributed by atoms with van der Waals surface area (Å²) in [5.74, 6) is 0. The van der Waals surface area contributed by atoms with E-state index in [1.807, 2.05) is 44.2 Å². The molecule has 1 aromatic heterocycles. The lowest BCUT2D eigenvalue weighted by atomic mass is 9.99. The monoisotopic (exact) mass is 245 g/mol. The average molecular weight is 245 g/mol. The van der Waals surface area contributed by atoms with E-state index in [1.165, 1.54) is 0 Å². The Bertz CT molecular complexity index is 507. The topological polar surface area (TPSA) is 42.4 Å². The number of fused-ring (bicyclic) bond motifs is 1. The molecule has 2 atom stereocenters. The summed E-state index contributed by atoms with van der Waals surface area (Å²) in [6.45, 7) is 4.56. The van der Waals surface area contributed by atoms with E-state index in [4.69, 9.17) is 4.74 Å². The highest BCUT2D eigenvalue weighted by molar-refractivity contribution is 5.81. The second-order valence-corrected chi connectivity index (χ2v) is 4.27. The highest BCUT2D eigenvalue weighted by atomic mass is 16.5. The SMILES string of the molecule is CCOC(CC)C(O)c1cccc2cccnc12. The number of hydrogen-bond acceptors (Lipinski definition) is 3. The van der Waals surface area contributed by atoms with E-state index in [2.05, 4.69) is 4.98 Å². The van der Waals surface area contributed by atoms with Crippen molar-refractivity contribution in [3.8, 4) is 0 Å². The van der Waals surface area contributed by atoms with E-state index in [1.54, 1.807) is 6.20 Å². The van der Waals surface area contributed by atoms with Crippen molar-refractivity contribution in [3.63, 3.8) is 0 Å². The normalized spacial score (nSPS) is 14.6. The van der Waals surface area contributed by atoms with Gasteiger partial charge in [-0.15, -0.1) is 0 Å². The molecule has 2 unspecified atom stereocenters. The van der Waals surface area contributed by atoms with Gasteiger partial charge in [0.1, 0.15) is 6.10 Å². The fraction of sp³-hybridized carbons (Fsp3) is 0.400. The highest BCUT2D eigenvalue weighted by Gasteiger charge is 2.21. The Balaban J connectivity index is 2.40. The van der Waals surface area contributed by atoms with Gasteiger partial charge < -0.3 is 9.84 Å². The van der Waals surface area contributed by atoms with E-state index in [9.17, 15) is 5.11 Å². The molecule has 18 heavy (non-hydrogen) atoms. The summed E-state index contributed by atoms with van der Waals surface area (Å²) in [4.78, 5) is 4.36. The summed E-state index contributed by atoms with van der Waals surface area (Å²) < 4.78 is 5.58. The molecule has 1 heterocycles. The second kappa shape index (κ2) is 5.94. The Kier molecular flexibility index (Phi) is 4.28. The minimum absolute atomic E-state index is 0.178. The van der Waals surface area contributed by atoms with Crippen molar-refractivity contribution in [2.45, 2.75) is 32.5 Å². The van der Waals surface area contributed by atoms with E-state index < -0.39 is 6.10 Å². The van der Waals surface area contributed by atoms with Gasteiger partial charge >= 0.3 is 0 Å². The van der Waals surface area contributed by atoms with Crippen LogP contribution in [0.25, 0.3) is 10.9 Å². The number of aliphatic hydroxyl groups is 1. The van der Waals surface area contributed by atoms with Gasteiger partial charge in [-0.1, -0.05) is 31.2 Å². The first-order chi connectivity index (χ1) is 8.77. The van der Waals surface area contributed by atoms with Crippen LogP contribution in [0.2, 0.25) is 0 Å². The molecule has 96 valence electrons. The molecule has 0 bridgehead atoms. The quantitative estimate of drug-likeness (QED) is 0.880. The summed E-state index contributed by atoms with van der Waals surface area (Å²) in [6, 6.07) is 9.77. The molecule has 0 aliphatic rings. The first kappa shape index (κ1) is 13.0. The molecular weight excluding hydrogens is 226 g/mol. The second-order valence-electron chi connectivity index (χ2n) is 4.27. The van der Waals surface area contributed by atoms with Gasteiger partial charge in [-0.2, -0.15) is 0 Å². The van der Waals surface area contributed by atoms with Gasteiger partial charge in [0, 0.05) is 23.8 Å². The number of ether oxygens (including phenoxy) is 1. The van der Waals surface area contributed by atoms with Crippen molar-refractivity contribution in [1.82, 2.24) is 4.98 Å². The summed E-state index contributed by atoms with van der Waals surface area (Å²) in [5, 5.41) is 11.5. The summed E-state index contributed by atoms with van der Waals surface area (Å²) in [7, 11) is 0. The molecule has 0 saturated carbocycles. The Morgan fingerprint density at radius 2 is 2.00 bits per heavy atom. The molecular formula is C15H19NO2. The summed E-state index contributed by atoms with van der Waals surface area (Å²) in [6.07, 6.45) is 1.72. The number of para-hydroxylation sites is 1. The Labute approximate surface area is 107 Å². The number of pyridine rings is 1. The number of rotatable bonds is 5. The van der Waals surface area contributed by atoms with Crippen LogP contribution in [0.15, 0.2) is 36.5 Å². The molecule has 0 radical (unpaired) electrons. The average Bonchev–Trinajstić information content (AvgIpc) is 2.43. The third-order valence-corrected chi connectivity index (χ3v) is 3.12. The first-order valence-corrected chi connectivity index (χ1v) is 6.41. The predicted octanol–water partition coefficient (Wildman–Crippen LogP) is 3.08. The van der Waals surface area contributed by atoms with Crippen LogP contribution in [0, 0.1) is 0 Å². The number of hydrogen-bond donors (Lipinski definition) is 1. The zero-order valence-corrected chi connectivity index (χ0v) is 10.8. The van der Waals surface area contributed by atoms with Crippen LogP contribution < -0.4 is 0 Å². The number of aliphatic hydroxyl groups excluding tert-OH is 1. The first-order valence-electron chi connectivity index (χ1n) is 6.41. The van der Waals surface area contributed by atoms with Crippen molar-refractivity contribution < 1.29 is 9.84 Å². The largest absolute Gasteiger partial charge is 0.386 e. The van der Waals surface area contributed by atoms with Gasteiger partial charge in [0.05, 0.1) is 11.6 Å². The molecule has 0 saturated heterocycles. The van der Waals surface area contributed by atoms with Crippen LogP contribution >= 0.6 is 0 Å². The molecule has 0 aliphatic heterocycles. The van der Waals surface area contributed by atoms with Crippen LogP contribution in [0.1, 0.15) is 31.9 Å². The number of nitrogens with zero attached hydrogens (tertiary/aromatic N) is 1. The molecule has 3 heteroatoms. The molecule has 1 N–H and O–H groups in total. The van der Waals surface area contributed by atoms with Crippen LogP contribution in [0.3, 0.4) is 0 Å². The fourth-order valence-electron chi connectivity index (χ4n) is 2.21. The van der Waals surface area contributed by atoms with Crippen molar-refractivity contribution in [2.75, 3.05) is 6.61 Å². The van der Waals surface area contributed by atoms with E-state index in [-0.39, 0.29) is 6.10 Å². The lowest BCUT2D eigenvalue weighted by Gasteiger charge is -2.22. The Morgan fingerprint density at radius 1 is 1.22 bits per heavy atom. The molecule has 1 aromatic carbocycles. The lowest BCUT2D eigenvalue weighted by molar-refractivity contribution is -0.0350. The van der Waals surface area contributed by atoms with Gasteiger partial charge in [0.25, 0.3) is 0 Å². The minimum atomic E-state index is -0.631. The van der Waals surface area contributed by atoms with Crippen molar-refractivity contribution >= 4 is 10.9 Å². The maximum atomic E-state index is 10.4. The molecule has 0 spiro atoms. The molecule has 2 rings (SSSR count). The molecule has 3 nitrogen and oxygen atoms in total. The Hall–Kier alpha value is -1.45. The highest BCUT2D eigenvalue weighted by Crippen LogP contribution is 2.27. The van der Waals surface area contributed by atoms with Gasteiger partial charge in [0.2, 0.25) is 0 Å². The van der Waals surface area contributed by atoms with Gasteiger partial charge in [-0.3, -0.25) is 4.98 Å². The van der Waals surface area contributed by atoms with Gasteiger partial charge in [0.15, 0.2) is 0 Å². The molecule has 0 fully saturated rings. The van der Waals surface area contributed by atoms with E-state index >= 15 is 0 Å². The predicted molar refractivity (Wildman–Crippen MR) is 72.4 cm³/mol. The summed E-state index contributed by atoms with van der Waals surface area (Å²) in [5.41, 5.74) is 1.69. The molecule has 0 amide bonds. The third kappa shape index (κ3) is 2.52. The van der Waals surface area contributed by atoms with Crippen LogP contribution in [0.5, 0.6) is 0 Å². The zero-order valence-electron chi connectivity index (χ0n) is 10.8. The van der Waals surface area contributed by atoms with Gasteiger partial charge in [-0.05, 0) is 19.4 Å². The fourth-order valence-corrected chi connectivity index (χ4v) is 2.21. The van der Waals surface area contributed by atoms with Gasteiger partial charge in [-0.25, -0.2) is 0 Å². The van der Waals surface area contributed by atoms with Crippen LogP contribution in [-0.2, 0) is 4.74 Å². The standard InChI is InChI=1S/C15H19NO2/c1-3-13(18-4-2)15(17)12-9-5-7-11-8-6-10-16-14(11)12/h5-10,13,15,17H,3-4H2,1-2H3. The molecule has 0 aliphatic carbocycles.